The second kappa shape index (κ2) is 5.47. The van der Waals surface area contributed by atoms with Gasteiger partial charge in [-0.1, -0.05) is 5.16 Å². The molecule has 1 aromatic heterocycles. The van der Waals surface area contributed by atoms with Gasteiger partial charge in [0, 0.05) is 19.3 Å². The highest BCUT2D eigenvalue weighted by Gasteiger charge is 2.19. The Bertz CT molecular complexity index is 316. The Hall–Kier alpha value is -1.40. The lowest BCUT2D eigenvalue weighted by Gasteiger charge is -2.12. The fraction of sp³-hybridized carbons (Fsp3) is 0.556. The van der Waals surface area contributed by atoms with E-state index in [1.807, 2.05) is 0 Å². The third-order valence-corrected chi connectivity index (χ3v) is 1.62. The SMILES string of the molecule is CCOC(OCC)c1cc(C(=O)O)no1. The number of hydrogen-bond acceptors (Lipinski definition) is 5. The van der Waals surface area contributed by atoms with Gasteiger partial charge in [0.15, 0.2) is 11.5 Å². The Morgan fingerprint density at radius 2 is 2.13 bits per heavy atom. The van der Waals surface area contributed by atoms with E-state index in [0.29, 0.717) is 13.2 Å². The molecule has 1 N–H and O–H groups in total. The van der Waals surface area contributed by atoms with E-state index in [9.17, 15) is 4.79 Å². The van der Waals surface area contributed by atoms with Gasteiger partial charge in [-0.15, -0.1) is 0 Å². The molecule has 6 nitrogen and oxygen atoms in total. The highest BCUT2D eigenvalue weighted by molar-refractivity contribution is 5.85. The summed E-state index contributed by atoms with van der Waals surface area (Å²) in [5.41, 5.74) is -0.158. The molecule has 1 heterocycles. The average molecular weight is 215 g/mol. The monoisotopic (exact) mass is 215 g/mol. The predicted octanol–water partition coefficient (Wildman–Crippen LogP) is 1.44. The highest BCUT2D eigenvalue weighted by atomic mass is 16.7. The third-order valence-electron chi connectivity index (χ3n) is 1.62. The molecule has 0 fully saturated rings. The van der Waals surface area contributed by atoms with Crippen LogP contribution < -0.4 is 0 Å². The van der Waals surface area contributed by atoms with Crippen molar-refractivity contribution in [2.24, 2.45) is 0 Å². The van der Waals surface area contributed by atoms with Gasteiger partial charge in [-0.3, -0.25) is 0 Å². The zero-order valence-electron chi connectivity index (χ0n) is 8.60. The van der Waals surface area contributed by atoms with E-state index in [2.05, 4.69) is 5.16 Å². The molecule has 0 spiro atoms. The summed E-state index contributed by atoms with van der Waals surface area (Å²) in [5.74, 6) is -0.882. The maximum Gasteiger partial charge on any atom is 0.358 e. The number of aromatic nitrogens is 1. The van der Waals surface area contributed by atoms with Crippen molar-refractivity contribution in [1.29, 1.82) is 0 Å². The van der Waals surface area contributed by atoms with Crippen LogP contribution in [0.1, 0.15) is 36.4 Å². The molecule has 0 aromatic carbocycles. The fourth-order valence-corrected chi connectivity index (χ4v) is 1.02. The molecule has 0 amide bonds. The van der Waals surface area contributed by atoms with Crippen LogP contribution in [0.25, 0.3) is 0 Å². The molecular formula is C9H13NO5. The first-order valence-electron chi connectivity index (χ1n) is 4.62. The molecule has 0 saturated heterocycles. The van der Waals surface area contributed by atoms with Gasteiger partial charge in [0.2, 0.25) is 6.29 Å². The van der Waals surface area contributed by atoms with Crippen LogP contribution in [-0.2, 0) is 9.47 Å². The second-order valence-electron chi connectivity index (χ2n) is 2.66. The topological polar surface area (TPSA) is 81.8 Å². The fourth-order valence-electron chi connectivity index (χ4n) is 1.02. The van der Waals surface area contributed by atoms with Gasteiger partial charge in [0.25, 0.3) is 0 Å². The standard InChI is InChI=1S/C9H13NO5/c1-3-13-9(14-4-2)7-5-6(8(11)12)10-15-7/h5,9H,3-4H2,1-2H3,(H,11,12). The van der Waals surface area contributed by atoms with E-state index < -0.39 is 12.3 Å². The summed E-state index contributed by atoms with van der Waals surface area (Å²) in [7, 11) is 0. The normalized spacial score (nSPS) is 10.9. The van der Waals surface area contributed by atoms with E-state index in [1.165, 1.54) is 6.07 Å². The van der Waals surface area contributed by atoms with Gasteiger partial charge in [0.05, 0.1) is 0 Å². The zero-order valence-corrected chi connectivity index (χ0v) is 8.60. The van der Waals surface area contributed by atoms with E-state index in [-0.39, 0.29) is 11.5 Å². The van der Waals surface area contributed by atoms with Crippen LogP contribution >= 0.6 is 0 Å². The zero-order chi connectivity index (χ0) is 11.3. The summed E-state index contributed by atoms with van der Waals surface area (Å²) in [5, 5.41) is 12.0. The van der Waals surface area contributed by atoms with Crippen molar-refractivity contribution in [2.75, 3.05) is 13.2 Å². The number of carbonyl (C=O) groups is 1. The smallest absolute Gasteiger partial charge is 0.358 e. The van der Waals surface area contributed by atoms with Crippen molar-refractivity contribution in [3.63, 3.8) is 0 Å². The lowest BCUT2D eigenvalue weighted by atomic mass is 10.3. The van der Waals surface area contributed by atoms with Crippen LogP contribution in [0.15, 0.2) is 10.6 Å². The first-order valence-corrected chi connectivity index (χ1v) is 4.62. The Morgan fingerprint density at radius 3 is 2.53 bits per heavy atom. The lowest BCUT2D eigenvalue weighted by molar-refractivity contribution is -0.152. The molecule has 15 heavy (non-hydrogen) atoms. The average Bonchev–Trinajstić information content (AvgIpc) is 2.66. The van der Waals surface area contributed by atoms with Crippen molar-refractivity contribution < 1.29 is 23.9 Å². The first-order chi connectivity index (χ1) is 7.19. The van der Waals surface area contributed by atoms with Crippen molar-refractivity contribution in [3.8, 4) is 0 Å². The summed E-state index contributed by atoms with van der Waals surface area (Å²) in [6.45, 7) is 4.49. The number of carboxylic acid groups (broad SMARTS) is 1. The van der Waals surface area contributed by atoms with Crippen molar-refractivity contribution in [1.82, 2.24) is 5.16 Å². The Kier molecular flexibility index (Phi) is 4.26. The van der Waals surface area contributed by atoms with Crippen LogP contribution in [0.5, 0.6) is 0 Å². The molecule has 1 rings (SSSR count). The van der Waals surface area contributed by atoms with E-state index in [0.717, 1.165) is 0 Å². The molecule has 84 valence electrons. The van der Waals surface area contributed by atoms with Crippen LogP contribution in [0, 0.1) is 0 Å². The second-order valence-corrected chi connectivity index (χ2v) is 2.66. The minimum Gasteiger partial charge on any atom is -0.476 e. The molecule has 0 radical (unpaired) electrons. The van der Waals surface area contributed by atoms with Crippen LogP contribution in [0.2, 0.25) is 0 Å². The number of rotatable bonds is 6. The predicted molar refractivity (Wildman–Crippen MR) is 49.5 cm³/mol. The van der Waals surface area contributed by atoms with Crippen molar-refractivity contribution in [2.45, 2.75) is 20.1 Å². The molecular weight excluding hydrogens is 202 g/mol. The number of hydrogen-bond donors (Lipinski definition) is 1. The minimum absolute atomic E-state index is 0.158. The molecule has 0 aliphatic rings. The van der Waals surface area contributed by atoms with Crippen LogP contribution in [0.4, 0.5) is 0 Å². The van der Waals surface area contributed by atoms with Gasteiger partial charge in [-0.25, -0.2) is 4.79 Å². The van der Waals surface area contributed by atoms with Crippen LogP contribution in [-0.4, -0.2) is 29.4 Å². The molecule has 0 aliphatic heterocycles. The molecule has 0 aliphatic carbocycles. The Balaban J connectivity index is 2.76. The van der Waals surface area contributed by atoms with Gasteiger partial charge in [-0.05, 0) is 13.8 Å². The Labute approximate surface area is 86.8 Å². The third kappa shape index (κ3) is 3.03. The number of carboxylic acids is 1. The molecule has 6 heteroatoms. The summed E-state index contributed by atoms with van der Waals surface area (Å²) >= 11 is 0. The lowest BCUT2D eigenvalue weighted by Crippen LogP contribution is -2.07. The van der Waals surface area contributed by atoms with Gasteiger partial charge < -0.3 is 19.1 Å². The minimum atomic E-state index is -1.14. The van der Waals surface area contributed by atoms with E-state index in [1.54, 1.807) is 13.8 Å². The summed E-state index contributed by atoms with van der Waals surface area (Å²) in [6, 6.07) is 1.29. The summed E-state index contributed by atoms with van der Waals surface area (Å²) in [6.07, 6.45) is -0.694. The largest absolute Gasteiger partial charge is 0.476 e. The Morgan fingerprint density at radius 1 is 1.53 bits per heavy atom. The van der Waals surface area contributed by atoms with Gasteiger partial charge >= 0.3 is 5.97 Å². The molecule has 1 aromatic rings. The summed E-state index contributed by atoms with van der Waals surface area (Å²) in [4.78, 5) is 10.5. The van der Waals surface area contributed by atoms with E-state index in [4.69, 9.17) is 19.1 Å². The maximum absolute atomic E-state index is 10.5. The summed E-state index contributed by atoms with van der Waals surface area (Å²) < 4.78 is 15.2. The number of nitrogens with zero attached hydrogens (tertiary/aromatic N) is 1. The van der Waals surface area contributed by atoms with E-state index >= 15 is 0 Å². The van der Waals surface area contributed by atoms with Gasteiger partial charge in [0.1, 0.15) is 0 Å². The molecule has 0 bridgehead atoms. The van der Waals surface area contributed by atoms with Crippen molar-refractivity contribution >= 4 is 5.97 Å². The highest BCUT2D eigenvalue weighted by Crippen LogP contribution is 2.19. The van der Waals surface area contributed by atoms with Crippen LogP contribution in [0.3, 0.4) is 0 Å². The molecule has 0 saturated carbocycles. The van der Waals surface area contributed by atoms with Gasteiger partial charge in [-0.2, -0.15) is 0 Å². The first kappa shape index (κ1) is 11.7. The quantitative estimate of drug-likeness (QED) is 0.723. The number of aromatic carboxylic acids is 1. The number of ether oxygens (including phenoxy) is 2. The molecule has 0 unspecified atom stereocenters. The maximum atomic E-state index is 10.5. The van der Waals surface area contributed by atoms with Crippen molar-refractivity contribution in [3.05, 3.63) is 17.5 Å². The molecule has 0 atom stereocenters.